The molecule has 13 nitrogen and oxygen atoms in total. The van der Waals surface area contributed by atoms with Crippen LogP contribution < -0.4 is 19.7 Å². The highest BCUT2D eigenvalue weighted by molar-refractivity contribution is 7.77. The van der Waals surface area contributed by atoms with Gasteiger partial charge in [-0.3, -0.25) is 27.7 Å². The average Bonchev–Trinajstić information content (AvgIpc) is 4.18. The third-order valence-electron chi connectivity index (χ3n) is 12.6. The lowest BCUT2D eigenvalue weighted by atomic mass is 9.77. The van der Waals surface area contributed by atoms with Crippen LogP contribution in [0.25, 0.3) is 22.2 Å². The number of fused-ring (bicyclic) bond motifs is 2. The fraction of sp³-hybridized carbons (Fsp3) is 0.426. The molecule has 8 rings (SSSR count). The third kappa shape index (κ3) is 8.39. The van der Waals surface area contributed by atoms with Gasteiger partial charge in [0.2, 0.25) is 17.7 Å². The average molecular weight is 847 g/mol. The Morgan fingerprint density at radius 1 is 1.07 bits per heavy atom. The largest absolute Gasteiger partial charge is 0.755 e. The molecular formula is C47H52N5O8S-. The van der Waals surface area contributed by atoms with Gasteiger partial charge < -0.3 is 29.1 Å². The number of benzene rings is 3. The lowest BCUT2D eigenvalue weighted by molar-refractivity contribution is -0.147. The second kappa shape index (κ2) is 16.7. The van der Waals surface area contributed by atoms with Gasteiger partial charge in [-0.25, -0.2) is 4.98 Å². The smallest absolute Gasteiger partial charge is 0.260 e. The van der Waals surface area contributed by atoms with Gasteiger partial charge >= 0.3 is 0 Å². The Hall–Kier alpha value is -5.60. The number of carbonyl (C=O) groups is 4. The van der Waals surface area contributed by atoms with Gasteiger partial charge in [0.15, 0.2) is 0 Å². The SMILES string of the molecule is C=CC1CC1(NC(=O)[C@@H]1C[C@@H](Oc2cc(-c3ccccc3)nc3cc(OC)ccc23)CN1C(=O)[C@@H](CC(=O)N1CCCc2ccccc21)C(C)(C)C)C(=O)N(C1CC1)S(=O)[O-]. The van der Waals surface area contributed by atoms with Gasteiger partial charge in [-0.05, 0) is 61.3 Å². The van der Waals surface area contributed by atoms with Crippen molar-refractivity contribution in [2.45, 2.75) is 89.4 Å². The van der Waals surface area contributed by atoms with Crippen molar-refractivity contribution in [2.75, 3.05) is 25.1 Å². The Morgan fingerprint density at radius 2 is 1.80 bits per heavy atom. The summed E-state index contributed by atoms with van der Waals surface area (Å²) in [6, 6.07) is 23.2. The highest BCUT2D eigenvalue weighted by Crippen LogP contribution is 2.48. The highest BCUT2D eigenvalue weighted by atomic mass is 32.2. The number of aryl methyl sites for hydroxylation is 1. The molecule has 14 heteroatoms. The number of para-hydroxylation sites is 1. The number of ether oxygens (including phenoxy) is 2. The summed E-state index contributed by atoms with van der Waals surface area (Å²) in [7, 11) is 1.58. The molecule has 3 heterocycles. The van der Waals surface area contributed by atoms with Gasteiger partial charge in [0.25, 0.3) is 5.91 Å². The van der Waals surface area contributed by atoms with E-state index in [1.165, 1.54) is 4.90 Å². The Bertz CT molecular complexity index is 2400. The molecule has 3 unspecified atom stereocenters. The minimum Gasteiger partial charge on any atom is -0.755 e. The molecule has 4 aromatic rings. The zero-order chi connectivity index (χ0) is 43.2. The van der Waals surface area contributed by atoms with Crippen LogP contribution in [0.1, 0.15) is 64.9 Å². The van der Waals surface area contributed by atoms with Crippen molar-refractivity contribution < 1.29 is 37.4 Å². The first-order valence-corrected chi connectivity index (χ1v) is 22.0. The molecule has 320 valence electrons. The molecule has 1 N–H and O–H groups in total. The fourth-order valence-corrected chi connectivity index (χ4v) is 9.69. The number of methoxy groups -OCH3 is 1. The predicted molar refractivity (Wildman–Crippen MR) is 231 cm³/mol. The summed E-state index contributed by atoms with van der Waals surface area (Å²) in [6.07, 6.45) is 3.76. The number of nitrogens with one attached hydrogen (secondary N) is 1. The molecule has 2 aliphatic carbocycles. The Labute approximate surface area is 358 Å². The molecule has 2 saturated carbocycles. The van der Waals surface area contributed by atoms with Gasteiger partial charge in [-0.2, -0.15) is 0 Å². The normalized spacial score (nSPS) is 23.1. The van der Waals surface area contributed by atoms with Crippen LogP contribution in [0.3, 0.4) is 0 Å². The van der Waals surface area contributed by atoms with E-state index < -0.39 is 64.1 Å². The first kappa shape index (κ1) is 42.1. The highest BCUT2D eigenvalue weighted by Gasteiger charge is 2.63. The molecule has 6 atom stereocenters. The van der Waals surface area contributed by atoms with Crippen molar-refractivity contribution in [1.82, 2.24) is 19.5 Å². The van der Waals surface area contributed by atoms with Crippen molar-refractivity contribution in [3.63, 3.8) is 0 Å². The second-order valence-electron chi connectivity index (χ2n) is 17.7. The van der Waals surface area contributed by atoms with Crippen LogP contribution in [-0.4, -0.2) is 90.5 Å². The molecule has 3 fully saturated rings. The quantitative estimate of drug-likeness (QED) is 0.123. The maximum atomic E-state index is 15.1. The van der Waals surface area contributed by atoms with Gasteiger partial charge in [-0.15, -0.1) is 6.58 Å². The van der Waals surface area contributed by atoms with Gasteiger partial charge in [-0.1, -0.05) is 75.4 Å². The summed E-state index contributed by atoms with van der Waals surface area (Å²) < 4.78 is 37.8. The maximum Gasteiger partial charge on any atom is 0.260 e. The van der Waals surface area contributed by atoms with Gasteiger partial charge in [0, 0.05) is 60.1 Å². The summed E-state index contributed by atoms with van der Waals surface area (Å²) in [5.41, 5.74) is 1.85. The van der Waals surface area contributed by atoms with Gasteiger partial charge in [0.05, 0.1) is 42.0 Å². The molecule has 61 heavy (non-hydrogen) atoms. The fourth-order valence-electron chi connectivity index (χ4n) is 8.93. The van der Waals surface area contributed by atoms with E-state index >= 15 is 4.79 Å². The van der Waals surface area contributed by atoms with Crippen molar-refractivity contribution in [1.29, 1.82) is 0 Å². The lowest BCUT2D eigenvalue weighted by Gasteiger charge is -2.37. The van der Waals surface area contributed by atoms with Crippen molar-refractivity contribution in [2.24, 2.45) is 17.3 Å². The number of rotatable bonds is 13. The summed E-state index contributed by atoms with van der Waals surface area (Å²) >= 11 is -2.84. The molecule has 0 radical (unpaired) electrons. The minimum atomic E-state index is -2.84. The molecule has 0 spiro atoms. The van der Waals surface area contributed by atoms with E-state index in [-0.39, 0.29) is 37.6 Å². The number of nitrogens with zero attached hydrogens (tertiary/aromatic N) is 4. The van der Waals surface area contributed by atoms with Crippen molar-refractivity contribution in [3.8, 4) is 22.8 Å². The van der Waals surface area contributed by atoms with E-state index in [0.717, 1.165) is 34.0 Å². The first-order valence-electron chi connectivity index (χ1n) is 21.0. The van der Waals surface area contributed by atoms with Crippen LogP contribution in [0.15, 0.2) is 91.5 Å². The monoisotopic (exact) mass is 846 g/mol. The number of hydrogen-bond donors (Lipinski definition) is 1. The van der Waals surface area contributed by atoms with Crippen molar-refractivity contribution in [3.05, 3.63) is 97.1 Å². The van der Waals surface area contributed by atoms with Crippen LogP contribution in [0, 0.1) is 17.3 Å². The Balaban J connectivity index is 1.13. The van der Waals surface area contributed by atoms with Crippen LogP contribution in [-0.2, 0) is 36.9 Å². The second-order valence-corrected chi connectivity index (χ2v) is 18.6. The number of anilines is 1. The summed E-state index contributed by atoms with van der Waals surface area (Å²) in [5.74, 6) is -2.10. The van der Waals surface area contributed by atoms with Crippen LogP contribution in [0.2, 0.25) is 0 Å². The molecule has 1 aromatic heterocycles. The van der Waals surface area contributed by atoms with E-state index in [1.807, 2.05) is 99.6 Å². The minimum absolute atomic E-state index is 0.00941. The zero-order valence-corrected chi connectivity index (χ0v) is 35.8. The molecule has 0 bridgehead atoms. The zero-order valence-electron chi connectivity index (χ0n) is 35.0. The summed E-state index contributed by atoms with van der Waals surface area (Å²) in [5, 5.41) is 3.63. The number of amides is 4. The van der Waals surface area contributed by atoms with E-state index in [0.29, 0.717) is 47.5 Å². The molecule has 2 aliphatic heterocycles. The molecular weight excluding hydrogens is 795 g/mol. The Morgan fingerprint density at radius 3 is 2.48 bits per heavy atom. The Kier molecular flexibility index (Phi) is 11.5. The summed E-state index contributed by atoms with van der Waals surface area (Å²) in [6.45, 7) is 10.1. The van der Waals surface area contributed by atoms with Crippen LogP contribution in [0.5, 0.6) is 11.5 Å². The molecule has 1 saturated heterocycles. The third-order valence-corrected chi connectivity index (χ3v) is 13.4. The number of pyridine rings is 1. The van der Waals surface area contributed by atoms with Crippen LogP contribution in [0.4, 0.5) is 5.69 Å². The molecule has 4 amide bonds. The lowest BCUT2D eigenvalue weighted by Crippen LogP contribution is -2.57. The maximum absolute atomic E-state index is 15.1. The number of carbonyl (C=O) groups excluding carboxylic acids is 4. The topological polar surface area (TPSA) is 162 Å². The standard InChI is InChI=1S/C47H53N5O8S/c1-6-31-27-47(31,45(56)52(61(57)58)32-18-19-32)49-43(54)40-24-34(60-41-26-37(29-13-8-7-9-14-29)48-38-23-33(59-5)20-21-35(38)41)28-51(40)44(55)36(46(2,3)4)25-42(53)50-22-12-16-30-15-10-11-17-39(30)50/h6-11,13-15,17,20-21,23,26,31-32,34,36,40H,1,12,16,18-19,22,24-25,27-28H2,2-5H3,(H,49,54)(H,57,58)/p-1/t31?,34-,36-,40+,47?/m1/s1. The van der Waals surface area contributed by atoms with E-state index in [1.54, 1.807) is 18.1 Å². The van der Waals surface area contributed by atoms with Gasteiger partial charge in [0.1, 0.15) is 29.2 Å². The predicted octanol–water partition coefficient (Wildman–Crippen LogP) is 6.14. The van der Waals surface area contributed by atoms with E-state index in [2.05, 4.69) is 11.9 Å². The van der Waals surface area contributed by atoms with Crippen LogP contribution >= 0.6 is 0 Å². The molecule has 3 aromatic carbocycles. The number of likely N-dealkylation sites (tertiary alicyclic amines) is 1. The molecule has 4 aliphatic rings. The first-order chi connectivity index (χ1) is 29.2. The van der Waals surface area contributed by atoms with Crippen molar-refractivity contribution >= 4 is 51.5 Å². The van der Waals surface area contributed by atoms with E-state index in [4.69, 9.17) is 14.5 Å². The summed E-state index contributed by atoms with van der Waals surface area (Å²) in [4.78, 5) is 66.3. The van der Waals surface area contributed by atoms with E-state index in [9.17, 15) is 23.1 Å². The number of aromatic nitrogens is 1. The number of hydrogen-bond acceptors (Lipinski definition) is 9.